The topological polar surface area (TPSA) is 78.0 Å². The molecule has 3 rings (SSSR count). The number of nitro benzene ring substituents is 1. The second-order valence-electron chi connectivity index (χ2n) is 5.08. The van der Waals surface area contributed by atoms with Crippen molar-refractivity contribution in [3.63, 3.8) is 0 Å². The first-order valence-electron chi connectivity index (χ1n) is 6.73. The van der Waals surface area contributed by atoms with Crippen LogP contribution < -0.4 is 5.56 Å². The molecule has 0 fully saturated rings. The first kappa shape index (κ1) is 13.9. The Kier molecular flexibility index (Phi) is 3.21. The first-order valence-corrected chi connectivity index (χ1v) is 6.73. The molecule has 2 aromatic carbocycles. The molecule has 0 atom stereocenters. The molecule has 0 aliphatic carbocycles. The summed E-state index contributed by atoms with van der Waals surface area (Å²) in [7, 11) is 0. The third-order valence-corrected chi connectivity index (χ3v) is 3.62. The molecule has 0 N–H and O–H groups in total. The van der Waals surface area contributed by atoms with Gasteiger partial charge in [-0.05, 0) is 25.5 Å². The number of nitro groups is 1. The summed E-state index contributed by atoms with van der Waals surface area (Å²) in [5.74, 6) is 0. The Morgan fingerprint density at radius 1 is 1.09 bits per heavy atom. The summed E-state index contributed by atoms with van der Waals surface area (Å²) < 4.78 is 1.24. The molecule has 6 nitrogen and oxygen atoms in total. The fourth-order valence-electron chi connectivity index (χ4n) is 2.45. The van der Waals surface area contributed by atoms with Gasteiger partial charge in [0, 0.05) is 17.5 Å². The van der Waals surface area contributed by atoms with Crippen molar-refractivity contribution in [2.24, 2.45) is 0 Å². The number of aryl methyl sites for hydroxylation is 2. The lowest BCUT2D eigenvalue weighted by Crippen LogP contribution is -2.23. The molecule has 0 radical (unpaired) electrons. The summed E-state index contributed by atoms with van der Waals surface area (Å²) in [6.45, 7) is 3.60. The van der Waals surface area contributed by atoms with E-state index in [1.165, 1.54) is 16.8 Å². The third kappa shape index (κ3) is 2.14. The first-order chi connectivity index (χ1) is 10.5. The van der Waals surface area contributed by atoms with Gasteiger partial charge < -0.3 is 0 Å². The van der Waals surface area contributed by atoms with Gasteiger partial charge in [0.05, 0.1) is 21.7 Å². The smallest absolute Gasteiger partial charge is 0.267 e. The van der Waals surface area contributed by atoms with Gasteiger partial charge in [0.2, 0.25) is 0 Å². The van der Waals surface area contributed by atoms with Crippen LogP contribution in [0.15, 0.2) is 47.3 Å². The Balaban J connectivity index is 2.36. The number of non-ortho nitro benzene ring substituents is 1. The number of hydrogen-bond donors (Lipinski definition) is 0. The van der Waals surface area contributed by atoms with Crippen LogP contribution >= 0.6 is 0 Å². The summed E-state index contributed by atoms with van der Waals surface area (Å²) >= 11 is 0. The minimum atomic E-state index is -0.484. The average Bonchev–Trinajstić information content (AvgIpc) is 2.51. The summed E-state index contributed by atoms with van der Waals surface area (Å²) in [4.78, 5) is 23.1. The number of nitrogens with zero attached hydrogens (tertiary/aromatic N) is 3. The number of hydrogen-bond acceptors (Lipinski definition) is 4. The van der Waals surface area contributed by atoms with Crippen molar-refractivity contribution in [1.82, 2.24) is 9.78 Å². The minimum absolute atomic E-state index is 0.0693. The van der Waals surface area contributed by atoms with Crippen LogP contribution in [0.2, 0.25) is 0 Å². The molecule has 0 saturated carbocycles. The zero-order valence-corrected chi connectivity index (χ0v) is 12.1. The molecule has 1 aromatic heterocycles. The van der Waals surface area contributed by atoms with Crippen LogP contribution in [-0.2, 0) is 0 Å². The quantitative estimate of drug-likeness (QED) is 0.538. The van der Waals surface area contributed by atoms with E-state index in [0.717, 1.165) is 10.9 Å². The normalized spacial score (nSPS) is 10.8. The van der Waals surface area contributed by atoms with Crippen molar-refractivity contribution in [3.8, 4) is 5.69 Å². The molecule has 0 amide bonds. The van der Waals surface area contributed by atoms with Gasteiger partial charge in [-0.15, -0.1) is 0 Å². The van der Waals surface area contributed by atoms with Crippen LogP contribution in [-0.4, -0.2) is 14.7 Å². The van der Waals surface area contributed by atoms with E-state index >= 15 is 0 Å². The third-order valence-electron chi connectivity index (χ3n) is 3.62. The lowest BCUT2D eigenvalue weighted by Gasteiger charge is -2.10. The molecular formula is C16H13N3O3. The van der Waals surface area contributed by atoms with E-state index in [-0.39, 0.29) is 11.2 Å². The van der Waals surface area contributed by atoms with Gasteiger partial charge in [-0.1, -0.05) is 24.3 Å². The standard InChI is InChI=1S/C16H13N3O3/c1-10-7-8-12(19(21)22)9-15(10)18-16(20)14-6-4-3-5-13(14)11(2)17-18/h3-9H,1-2H3. The van der Waals surface area contributed by atoms with Gasteiger partial charge in [0.1, 0.15) is 0 Å². The molecule has 0 saturated heterocycles. The fourth-order valence-corrected chi connectivity index (χ4v) is 2.45. The van der Waals surface area contributed by atoms with Crippen molar-refractivity contribution in [2.45, 2.75) is 13.8 Å². The number of benzene rings is 2. The highest BCUT2D eigenvalue weighted by molar-refractivity contribution is 5.83. The highest BCUT2D eigenvalue weighted by Crippen LogP contribution is 2.21. The molecule has 0 unspecified atom stereocenters. The summed E-state index contributed by atoms with van der Waals surface area (Å²) in [5, 5.41) is 16.6. The Labute approximate surface area is 125 Å². The van der Waals surface area contributed by atoms with Crippen molar-refractivity contribution in [1.29, 1.82) is 0 Å². The molecular weight excluding hydrogens is 282 g/mol. The van der Waals surface area contributed by atoms with Crippen LogP contribution in [0.1, 0.15) is 11.3 Å². The second-order valence-corrected chi connectivity index (χ2v) is 5.08. The number of rotatable bonds is 2. The monoisotopic (exact) mass is 295 g/mol. The van der Waals surface area contributed by atoms with Crippen molar-refractivity contribution < 1.29 is 4.92 Å². The highest BCUT2D eigenvalue weighted by Gasteiger charge is 2.14. The maximum atomic E-state index is 12.6. The molecule has 0 aliphatic heterocycles. The largest absolute Gasteiger partial charge is 0.279 e. The van der Waals surface area contributed by atoms with Crippen LogP contribution in [0, 0.1) is 24.0 Å². The lowest BCUT2D eigenvalue weighted by atomic mass is 10.1. The van der Waals surface area contributed by atoms with Crippen LogP contribution in [0.4, 0.5) is 5.69 Å². The van der Waals surface area contributed by atoms with Crippen molar-refractivity contribution in [2.75, 3.05) is 0 Å². The van der Waals surface area contributed by atoms with Crippen LogP contribution in [0.3, 0.4) is 0 Å². The molecule has 1 heterocycles. The maximum absolute atomic E-state index is 12.6. The van der Waals surface area contributed by atoms with Gasteiger partial charge in [0.15, 0.2) is 0 Å². The van der Waals surface area contributed by atoms with Crippen molar-refractivity contribution in [3.05, 3.63) is 74.2 Å². The van der Waals surface area contributed by atoms with Crippen LogP contribution in [0.5, 0.6) is 0 Å². The molecule has 3 aromatic rings. The lowest BCUT2D eigenvalue weighted by molar-refractivity contribution is -0.384. The van der Waals surface area contributed by atoms with E-state index in [9.17, 15) is 14.9 Å². The van der Waals surface area contributed by atoms with Gasteiger partial charge >= 0.3 is 0 Å². The summed E-state index contributed by atoms with van der Waals surface area (Å²) in [6, 6.07) is 11.6. The highest BCUT2D eigenvalue weighted by atomic mass is 16.6. The minimum Gasteiger partial charge on any atom is -0.267 e. The SMILES string of the molecule is Cc1ccc([N+](=O)[O-])cc1-n1nc(C)c2ccccc2c1=O. The van der Waals surface area contributed by atoms with E-state index in [1.807, 2.05) is 19.1 Å². The van der Waals surface area contributed by atoms with Crippen LogP contribution in [0.25, 0.3) is 16.5 Å². The number of aromatic nitrogens is 2. The van der Waals surface area contributed by atoms with Crippen molar-refractivity contribution >= 4 is 16.5 Å². The molecule has 22 heavy (non-hydrogen) atoms. The van der Waals surface area contributed by atoms with E-state index in [0.29, 0.717) is 16.8 Å². The van der Waals surface area contributed by atoms with E-state index < -0.39 is 4.92 Å². The summed E-state index contributed by atoms with van der Waals surface area (Å²) in [5.41, 5.74) is 1.51. The van der Waals surface area contributed by atoms with E-state index in [2.05, 4.69) is 5.10 Å². The van der Waals surface area contributed by atoms with Gasteiger partial charge in [-0.2, -0.15) is 9.78 Å². The Bertz CT molecular complexity index is 960. The second kappa shape index (κ2) is 5.07. The number of fused-ring (bicyclic) bond motifs is 1. The predicted molar refractivity (Wildman–Crippen MR) is 83.5 cm³/mol. The van der Waals surface area contributed by atoms with Gasteiger partial charge in [-0.3, -0.25) is 14.9 Å². The fraction of sp³-hybridized carbons (Fsp3) is 0.125. The van der Waals surface area contributed by atoms with E-state index in [4.69, 9.17) is 0 Å². The summed E-state index contributed by atoms with van der Waals surface area (Å²) in [6.07, 6.45) is 0. The van der Waals surface area contributed by atoms with Gasteiger partial charge in [-0.25, -0.2) is 0 Å². The Hall–Kier alpha value is -3.02. The van der Waals surface area contributed by atoms with E-state index in [1.54, 1.807) is 25.1 Å². The van der Waals surface area contributed by atoms with Gasteiger partial charge in [0.25, 0.3) is 11.2 Å². The zero-order valence-electron chi connectivity index (χ0n) is 12.1. The Morgan fingerprint density at radius 3 is 2.45 bits per heavy atom. The predicted octanol–water partition coefficient (Wildman–Crippen LogP) is 2.91. The molecule has 0 bridgehead atoms. The molecule has 6 heteroatoms. The average molecular weight is 295 g/mol. The molecule has 110 valence electrons. The Morgan fingerprint density at radius 2 is 1.77 bits per heavy atom. The molecule has 0 spiro atoms. The molecule has 0 aliphatic rings. The maximum Gasteiger partial charge on any atom is 0.279 e. The zero-order chi connectivity index (χ0) is 15.9.